The molecule has 0 unspecified atom stereocenters. The molecule has 4 rings (SSSR count). The average Bonchev–Trinajstić information content (AvgIpc) is 2.98. The molecular weight excluding hydrogens is 404 g/mol. The molecule has 1 aliphatic heterocycles. The SMILES string of the molecule is O=C(Nc1ccc2c(c1)C(=O)Nc1ccccc1O2)c1cc(Br)cs1. The van der Waals surface area contributed by atoms with E-state index in [1.54, 1.807) is 36.4 Å². The van der Waals surface area contributed by atoms with Gasteiger partial charge in [-0.1, -0.05) is 12.1 Å². The number of carbonyl (C=O) groups is 2. The van der Waals surface area contributed by atoms with Gasteiger partial charge in [-0.15, -0.1) is 11.3 Å². The van der Waals surface area contributed by atoms with Crippen LogP contribution >= 0.6 is 27.3 Å². The van der Waals surface area contributed by atoms with E-state index in [0.717, 1.165) is 4.47 Å². The minimum absolute atomic E-state index is 0.228. The van der Waals surface area contributed by atoms with Gasteiger partial charge in [-0.25, -0.2) is 0 Å². The molecule has 0 spiro atoms. The van der Waals surface area contributed by atoms with Crippen LogP contribution in [-0.4, -0.2) is 11.8 Å². The largest absolute Gasteiger partial charge is 0.454 e. The molecule has 0 bridgehead atoms. The standard InChI is InChI=1S/C18H11BrN2O3S/c19-10-7-16(25-9-10)18(23)20-11-5-6-14-12(8-11)17(22)21-13-3-1-2-4-15(13)24-14/h1-9H,(H,20,23)(H,21,22). The van der Waals surface area contributed by atoms with Crippen LogP contribution in [0.4, 0.5) is 11.4 Å². The summed E-state index contributed by atoms with van der Waals surface area (Å²) in [6.07, 6.45) is 0. The molecule has 2 N–H and O–H groups in total. The van der Waals surface area contributed by atoms with Crippen molar-refractivity contribution < 1.29 is 14.3 Å². The van der Waals surface area contributed by atoms with Crippen molar-refractivity contribution in [2.75, 3.05) is 10.6 Å². The quantitative estimate of drug-likeness (QED) is 0.611. The van der Waals surface area contributed by atoms with Crippen LogP contribution in [0, 0.1) is 0 Å². The Kier molecular flexibility index (Phi) is 4.03. The fraction of sp³-hybridized carbons (Fsp3) is 0. The van der Waals surface area contributed by atoms with Crippen molar-refractivity contribution in [3.05, 3.63) is 68.8 Å². The maximum atomic E-state index is 12.5. The summed E-state index contributed by atoms with van der Waals surface area (Å²) in [6.45, 7) is 0. The van der Waals surface area contributed by atoms with Crippen molar-refractivity contribution in [2.24, 2.45) is 0 Å². The van der Waals surface area contributed by atoms with E-state index in [-0.39, 0.29) is 11.8 Å². The number of ether oxygens (including phenoxy) is 1. The Bertz CT molecular complexity index is 999. The molecule has 25 heavy (non-hydrogen) atoms. The highest BCUT2D eigenvalue weighted by atomic mass is 79.9. The molecular formula is C18H11BrN2O3S. The van der Waals surface area contributed by atoms with Crippen LogP contribution in [0.1, 0.15) is 20.0 Å². The first-order chi connectivity index (χ1) is 12.1. The lowest BCUT2D eigenvalue weighted by molar-refractivity contribution is 0.101. The fourth-order valence-electron chi connectivity index (χ4n) is 2.47. The molecule has 0 atom stereocenters. The first-order valence-electron chi connectivity index (χ1n) is 7.38. The average molecular weight is 415 g/mol. The molecule has 7 heteroatoms. The summed E-state index contributed by atoms with van der Waals surface area (Å²) in [5, 5.41) is 7.45. The number of para-hydroxylation sites is 2. The van der Waals surface area contributed by atoms with Crippen molar-refractivity contribution in [3.63, 3.8) is 0 Å². The molecule has 2 amide bonds. The fourth-order valence-corrected chi connectivity index (χ4v) is 3.79. The van der Waals surface area contributed by atoms with Crippen molar-refractivity contribution in [1.29, 1.82) is 0 Å². The third kappa shape index (κ3) is 3.16. The van der Waals surface area contributed by atoms with Crippen LogP contribution in [0.5, 0.6) is 11.5 Å². The van der Waals surface area contributed by atoms with Crippen LogP contribution in [-0.2, 0) is 0 Å². The number of halogens is 1. The Balaban J connectivity index is 1.63. The van der Waals surface area contributed by atoms with Gasteiger partial charge in [0.1, 0.15) is 5.75 Å². The second-order valence-corrected chi connectivity index (χ2v) is 7.17. The molecule has 124 valence electrons. The number of amides is 2. The Labute approximate surface area is 155 Å². The predicted molar refractivity (Wildman–Crippen MR) is 101 cm³/mol. The van der Waals surface area contributed by atoms with E-state index in [4.69, 9.17) is 4.74 Å². The predicted octanol–water partition coefficient (Wildman–Crippen LogP) is 5.12. The molecule has 2 aromatic carbocycles. The zero-order chi connectivity index (χ0) is 17.4. The van der Waals surface area contributed by atoms with Crippen LogP contribution in [0.2, 0.25) is 0 Å². The molecule has 0 radical (unpaired) electrons. The van der Waals surface area contributed by atoms with Crippen LogP contribution < -0.4 is 15.4 Å². The first kappa shape index (κ1) is 15.9. The molecule has 0 aliphatic carbocycles. The smallest absolute Gasteiger partial charge is 0.265 e. The monoisotopic (exact) mass is 414 g/mol. The number of fused-ring (bicyclic) bond motifs is 2. The topological polar surface area (TPSA) is 67.4 Å². The summed E-state index contributed by atoms with van der Waals surface area (Å²) in [4.78, 5) is 25.3. The number of hydrogen-bond acceptors (Lipinski definition) is 4. The van der Waals surface area contributed by atoms with E-state index in [2.05, 4.69) is 26.6 Å². The Morgan fingerprint density at radius 1 is 1.12 bits per heavy atom. The zero-order valence-corrected chi connectivity index (χ0v) is 15.1. The number of anilines is 2. The molecule has 5 nitrogen and oxygen atoms in total. The normalized spacial score (nSPS) is 12.3. The van der Waals surface area contributed by atoms with Gasteiger partial charge in [0.15, 0.2) is 5.75 Å². The van der Waals surface area contributed by atoms with E-state index in [9.17, 15) is 9.59 Å². The van der Waals surface area contributed by atoms with Crippen LogP contribution in [0.15, 0.2) is 58.4 Å². The highest BCUT2D eigenvalue weighted by Gasteiger charge is 2.21. The molecule has 2 heterocycles. The lowest BCUT2D eigenvalue weighted by Crippen LogP contribution is -2.13. The number of carbonyl (C=O) groups excluding carboxylic acids is 2. The first-order valence-corrected chi connectivity index (χ1v) is 9.05. The Morgan fingerprint density at radius 3 is 2.76 bits per heavy atom. The number of benzene rings is 2. The van der Waals surface area contributed by atoms with Gasteiger partial charge in [0.25, 0.3) is 11.8 Å². The van der Waals surface area contributed by atoms with Crippen LogP contribution in [0.3, 0.4) is 0 Å². The van der Waals surface area contributed by atoms with Gasteiger partial charge in [-0.05, 0) is 52.3 Å². The lowest BCUT2D eigenvalue weighted by atomic mass is 10.1. The third-order valence-corrected chi connectivity index (χ3v) is 5.32. The van der Waals surface area contributed by atoms with Crippen LogP contribution in [0.25, 0.3) is 0 Å². The van der Waals surface area contributed by atoms with Gasteiger partial charge in [-0.2, -0.15) is 0 Å². The molecule has 1 aromatic heterocycles. The second kappa shape index (κ2) is 6.34. The number of nitrogens with one attached hydrogen (secondary N) is 2. The van der Waals surface area contributed by atoms with Crippen molar-refractivity contribution in [2.45, 2.75) is 0 Å². The summed E-state index contributed by atoms with van der Waals surface area (Å²) in [5.41, 5.74) is 1.50. The number of rotatable bonds is 2. The van der Waals surface area contributed by atoms with Gasteiger partial charge in [-0.3, -0.25) is 9.59 Å². The third-order valence-electron chi connectivity index (χ3n) is 3.63. The Hall–Kier alpha value is -2.64. The molecule has 3 aromatic rings. The van der Waals surface area contributed by atoms with Gasteiger partial charge >= 0.3 is 0 Å². The molecule has 0 fully saturated rings. The minimum atomic E-state index is -0.282. The van der Waals surface area contributed by atoms with E-state index in [1.165, 1.54) is 11.3 Å². The number of hydrogen-bond donors (Lipinski definition) is 2. The summed E-state index contributed by atoms with van der Waals surface area (Å²) in [7, 11) is 0. The minimum Gasteiger partial charge on any atom is -0.454 e. The van der Waals surface area contributed by atoms with Crippen molar-refractivity contribution in [3.8, 4) is 11.5 Å². The number of thiophene rings is 1. The van der Waals surface area contributed by atoms with Crippen molar-refractivity contribution >= 4 is 50.5 Å². The van der Waals surface area contributed by atoms with Crippen molar-refractivity contribution in [1.82, 2.24) is 0 Å². The highest BCUT2D eigenvalue weighted by Crippen LogP contribution is 2.36. The van der Waals surface area contributed by atoms with Gasteiger partial charge < -0.3 is 15.4 Å². The zero-order valence-electron chi connectivity index (χ0n) is 12.7. The van der Waals surface area contributed by atoms with E-state index in [0.29, 0.717) is 33.3 Å². The van der Waals surface area contributed by atoms with Gasteiger partial charge in [0.2, 0.25) is 0 Å². The van der Waals surface area contributed by atoms with E-state index >= 15 is 0 Å². The lowest BCUT2D eigenvalue weighted by Gasteiger charge is -2.09. The van der Waals surface area contributed by atoms with Gasteiger partial charge in [0.05, 0.1) is 16.1 Å². The summed E-state index contributed by atoms with van der Waals surface area (Å²) in [5.74, 6) is 0.512. The second-order valence-electron chi connectivity index (χ2n) is 5.35. The summed E-state index contributed by atoms with van der Waals surface area (Å²) >= 11 is 4.67. The molecule has 0 saturated heterocycles. The summed E-state index contributed by atoms with van der Waals surface area (Å²) in [6, 6.07) is 14.0. The molecule has 1 aliphatic rings. The van der Waals surface area contributed by atoms with E-state index in [1.807, 2.05) is 17.5 Å². The Morgan fingerprint density at radius 2 is 1.96 bits per heavy atom. The highest BCUT2D eigenvalue weighted by molar-refractivity contribution is 9.10. The van der Waals surface area contributed by atoms with Gasteiger partial charge in [0, 0.05) is 15.5 Å². The maximum Gasteiger partial charge on any atom is 0.265 e. The van der Waals surface area contributed by atoms with E-state index < -0.39 is 0 Å². The maximum absolute atomic E-state index is 12.5. The molecule has 0 saturated carbocycles. The summed E-state index contributed by atoms with van der Waals surface area (Å²) < 4.78 is 6.68.